The van der Waals surface area contributed by atoms with Crippen LogP contribution in [-0.4, -0.2) is 49.1 Å². The van der Waals surface area contributed by atoms with Crippen LogP contribution in [0, 0.1) is 0 Å². The fraction of sp³-hybridized carbons (Fsp3) is 0.500. The molecule has 1 heterocycles. The Morgan fingerprint density at radius 3 is 2.58 bits per heavy atom. The van der Waals surface area contributed by atoms with Crippen molar-refractivity contribution in [3.05, 3.63) is 35.9 Å². The summed E-state index contributed by atoms with van der Waals surface area (Å²) in [6.07, 6.45) is -3.68. The summed E-state index contributed by atoms with van der Waals surface area (Å²) in [7, 11) is 1.63. The van der Waals surface area contributed by atoms with Crippen molar-refractivity contribution in [1.82, 2.24) is 15.5 Å². The molecule has 2 amide bonds. The van der Waals surface area contributed by atoms with Crippen LogP contribution in [0.2, 0.25) is 0 Å². The molecule has 1 saturated heterocycles. The van der Waals surface area contributed by atoms with Crippen LogP contribution in [0.1, 0.15) is 24.4 Å². The molecule has 1 aliphatic rings. The molecule has 1 aromatic carbocycles. The van der Waals surface area contributed by atoms with Gasteiger partial charge in [-0.15, -0.1) is 0 Å². The Balaban J connectivity index is 1.90. The molecule has 8 heteroatoms. The topological polar surface area (TPSA) is 61.4 Å². The number of alkyl halides is 3. The summed E-state index contributed by atoms with van der Waals surface area (Å²) < 4.78 is 39.5. The van der Waals surface area contributed by atoms with E-state index in [1.54, 1.807) is 13.1 Å². The first-order chi connectivity index (χ1) is 11.3. The molecule has 2 atom stereocenters. The molecular weight excluding hydrogens is 323 g/mol. The Kier molecular flexibility index (Phi) is 5.82. The van der Waals surface area contributed by atoms with Crippen LogP contribution in [0.5, 0.6) is 0 Å². The minimum Gasteiger partial charge on any atom is -0.350 e. The molecule has 0 unspecified atom stereocenters. The van der Waals surface area contributed by atoms with Gasteiger partial charge in [0.05, 0.1) is 6.54 Å². The number of nitrogens with one attached hydrogen (secondary N) is 2. The number of benzene rings is 1. The lowest BCUT2D eigenvalue weighted by Crippen LogP contribution is -2.51. The lowest BCUT2D eigenvalue weighted by atomic mass is 10.1. The number of hydrogen-bond acceptors (Lipinski definition) is 3. The maximum atomic E-state index is 13.2. The van der Waals surface area contributed by atoms with E-state index in [-0.39, 0.29) is 17.5 Å². The molecule has 0 radical (unpaired) electrons. The number of carbonyl (C=O) groups is 2. The van der Waals surface area contributed by atoms with Gasteiger partial charge < -0.3 is 10.2 Å². The van der Waals surface area contributed by atoms with E-state index in [4.69, 9.17) is 0 Å². The molecule has 132 valence electrons. The molecule has 1 aromatic rings. The molecule has 0 bridgehead atoms. The third-order valence-corrected chi connectivity index (χ3v) is 3.92. The van der Waals surface area contributed by atoms with Crippen molar-refractivity contribution in [3.8, 4) is 0 Å². The molecule has 0 saturated carbocycles. The van der Waals surface area contributed by atoms with Crippen molar-refractivity contribution < 1.29 is 22.8 Å². The van der Waals surface area contributed by atoms with Crippen LogP contribution < -0.4 is 10.6 Å². The first-order valence-electron chi connectivity index (χ1n) is 7.65. The molecule has 5 nitrogen and oxygen atoms in total. The van der Waals surface area contributed by atoms with E-state index in [0.29, 0.717) is 19.4 Å². The van der Waals surface area contributed by atoms with Crippen molar-refractivity contribution in [2.75, 3.05) is 20.1 Å². The van der Waals surface area contributed by atoms with Gasteiger partial charge in [-0.25, -0.2) is 0 Å². The number of halogens is 3. The second-order valence-electron chi connectivity index (χ2n) is 5.84. The van der Waals surface area contributed by atoms with E-state index in [2.05, 4.69) is 10.6 Å². The third kappa shape index (κ3) is 4.95. The summed E-state index contributed by atoms with van der Waals surface area (Å²) in [6.45, 7) is -0.0841. The molecular formula is C16H20F3N3O2. The van der Waals surface area contributed by atoms with Crippen LogP contribution in [-0.2, 0) is 9.59 Å². The maximum Gasteiger partial charge on any atom is 0.407 e. The highest BCUT2D eigenvalue weighted by atomic mass is 19.4. The lowest BCUT2D eigenvalue weighted by Gasteiger charge is -2.30. The summed E-state index contributed by atoms with van der Waals surface area (Å²) in [5.74, 6) is -0.521. The van der Waals surface area contributed by atoms with Gasteiger partial charge >= 0.3 is 6.18 Å². The highest BCUT2D eigenvalue weighted by Gasteiger charge is 2.40. The highest BCUT2D eigenvalue weighted by Crippen LogP contribution is 2.32. The van der Waals surface area contributed by atoms with Gasteiger partial charge in [0, 0.05) is 26.1 Å². The Morgan fingerprint density at radius 1 is 1.33 bits per heavy atom. The summed E-state index contributed by atoms with van der Waals surface area (Å²) in [5, 5.41) is 4.93. The van der Waals surface area contributed by atoms with E-state index in [1.165, 1.54) is 29.2 Å². The smallest absolute Gasteiger partial charge is 0.350 e. The third-order valence-electron chi connectivity index (χ3n) is 3.92. The first kappa shape index (κ1) is 18.3. The molecule has 1 aliphatic heterocycles. The lowest BCUT2D eigenvalue weighted by molar-refractivity contribution is -0.158. The molecule has 1 fully saturated rings. The molecule has 2 N–H and O–H groups in total. The number of likely N-dealkylation sites (N-methyl/N-ethyl adjacent to an activating group) is 1. The van der Waals surface area contributed by atoms with Gasteiger partial charge in [-0.2, -0.15) is 13.2 Å². The second-order valence-corrected chi connectivity index (χ2v) is 5.84. The van der Waals surface area contributed by atoms with Gasteiger partial charge in [0.1, 0.15) is 6.04 Å². The Hall–Kier alpha value is -2.09. The summed E-state index contributed by atoms with van der Waals surface area (Å²) in [6, 6.07) is 5.26. The first-order valence-corrected chi connectivity index (χ1v) is 7.65. The van der Waals surface area contributed by atoms with Crippen molar-refractivity contribution in [2.24, 2.45) is 0 Å². The molecule has 0 aliphatic carbocycles. The van der Waals surface area contributed by atoms with Crippen molar-refractivity contribution in [3.63, 3.8) is 0 Å². The van der Waals surface area contributed by atoms with E-state index >= 15 is 0 Å². The van der Waals surface area contributed by atoms with Gasteiger partial charge in [0.25, 0.3) is 0 Å². The Morgan fingerprint density at radius 2 is 2.00 bits per heavy atom. The van der Waals surface area contributed by atoms with Crippen LogP contribution in [0.15, 0.2) is 30.3 Å². The van der Waals surface area contributed by atoms with E-state index < -0.39 is 24.7 Å². The number of piperidine rings is 1. The fourth-order valence-electron chi connectivity index (χ4n) is 2.67. The standard InChI is InChI=1S/C16H20F3N3O2/c1-22-10-12(7-8-14(22)24)21-13(23)9-20-15(16(17,18)19)11-5-3-2-4-6-11/h2-6,12,15,20H,7-10H2,1H3,(H,21,23)/t12-,15-/m1/s1. The fourth-order valence-corrected chi connectivity index (χ4v) is 2.67. The number of rotatable bonds is 5. The number of hydrogen-bond donors (Lipinski definition) is 2. The van der Waals surface area contributed by atoms with Crippen molar-refractivity contribution in [2.45, 2.75) is 31.1 Å². The van der Waals surface area contributed by atoms with E-state index in [1.807, 2.05) is 0 Å². The summed E-state index contributed by atoms with van der Waals surface area (Å²) in [5.41, 5.74) is 0.0563. The maximum absolute atomic E-state index is 13.2. The van der Waals surface area contributed by atoms with Crippen molar-refractivity contribution >= 4 is 11.8 Å². The Bertz CT molecular complexity index is 578. The quantitative estimate of drug-likeness (QED) is 0.854. The molecule has 2 rings (SSSR count). The normalized spacial score (nSPS) is 19.9. The van der Waals surface area contributed by atoms with Crippen LogP contribution >= 0.6 is 0 Å². The van der Waals surface area contributed by atoms with E-state index in [9.17, 15) is 22.8 Å². The average molecular weight is 343 g/mol. The second kappa shape index (κ2) is 7.65. The molecule has 0 aromatic heterocycles. The summed E-state index contributed by atoms with van der Waals surface area (Å²) in [4.78, 5) is 24.8. The van der Waals surface area contributed by atoms with Crippen LogP contribution in [0.25, 0.3) is 0 Å². The van der Waals surface area contributed by atoms with Crippen LogP contribution in [0.3, 0.4) is 0 Å². The van der Waals surface area contributed by atoms with E-state index in [0.717, 1.165) is 0 Å². The van der Waals surface area contributed by atoms with Gasteiger partial charge in [-0.05, 0) is 12.0 Å². The van der Waals surface area contributed by atoms with Gasteiger partial charge in [0.15, 0.2) is 0 Å². The molecule has 0 spiro atoms. The predicted octanol–water partition coefficient (Wildman–Crippen LogP) is 1.62. The zero-order valence-electron chi connectivity index (χ0n) is 13.3. The Labute approximate surface area is 138 Å². The van der Waals surface area contributed by atoms with Gasteiger partial charge in [0.2, 0.25) is 11.8 Å². The summed E-state index contributed by atoms with van der Waals surface area (Å²) >= 11 is 0. The highest BCUT2D eigenvalue weighted by molar-refractivity contribution is 5.80. The minimum atomic E-state index is -4.50. The number of nitrogens with zero attached hydrogens (tertiary/aromatic N) is 1. The monoisotopic (exact) mass is 343 g/mol. The average Bonchev–Trinajstić information content (AvgIpc) is 2.51. The SMILES string of the molecule is CN1C[C@H](NC(=O)CN[C@H](c2ccccc2)C(F)(F)F)CCC1=O. The van der Waals surface area contributed by atoms with Crippen molar-refractivity contribution in [1.29, 1.82) is 0 Å². The molecule has 24 heavy (non-hydrogen) atoms. The van der Waals surface area contributed by atoms with Gasteiger partial charge in [-0.1, -0.05) is 30.3 Å². The number of likely N-dealkylation sites (tertiary alicyclic amines) is 1. The predicted molar refractivity (Wildman–Crippen MR) is 82.0 cm³/mol. The largest absolute Gasteiger partial charge is 0.407 e. The zero-order chi connectivity index (χ0) is 17.7. The zero-order valence-corrected chi connectivity index (χ0v) is 13.3. The van der Waals surface area contributed by atoms with Crippen LogP contribution in [0.4, 0.5) is 13.2 Å². The minimum absolute atomic E-state index is 0.000151. The van der Waals surface area contributed by atoms with Gasteiger partial charge in [-0.3, -0.25) is 14.9 Å². The number of amides is 2. The number of carbonyl (C=O) groups excluding carboxylic acids is 2.